The molecule has 0 saturated carbocycles. The van der Waals surface area contributed by atoms with E-state index in [9.17, 15) is 9.18 Å². The van der Waals surface area contributed by atoms with Gasteiger partial charge in [-0.1, -0.05) is 42.5 Å². The van der Waals surface area contributed by atoms with Crippen LogP contribution in [0.4, 0.5) is 4.39 Å². The molecule has 2 aromatic carbocycles. The maximum absolute atomic E-state index is 13.1. The third-order valence-corrected chi connectivity index (χ3v) is 6.47. The molecule has 0 radical (unpaired) electrons. The Morgan fingerprint density at radius 1 is 1.06 bits per heavy atom. The van der Waals surface area contributed by atoms with Crippen molar-refractivity contribution in [1.29, 1.82) is 0 Å². The van der Waals surface area contributed by atoms with Gasteiger partial charge in [0.1, 0.15) is 18.2 Å². The first-order valence-electron chi connectivity index (χ1n) is 10.8. The monoisotopic (exact) mass is 450 g/mol. The summed E-state index contributed by atoms with van der Waals surface area (Å²) in [4.78, 5) is 17.9. The highest BCUT2D eigenvalue weighted by Crippen LogP contribution is 2.23. The number of para-hydroxylation sites is 1. The molecule has 6 heteroatoms. The van der Waals surface area contributed by atoms with Gasteiger partial charge in [-0.25, -0.2) is 4.39 Å². The number of nitrogens with zero attached hydrogens (tertiary/aromatic N) is 2. The van der Waals surface area contributed by atoms with Crippen molar-refractivity contribution in [2.45, 2.75) is 20.1 Å². The van der Waals surface area contributed by atoms with Crippen LogP contribution in [0.1, 0.15) is 33.3 Å². The second-order valence-electron chi connectivity index (χ2n) is 7.84. The first-order valence-corrected chi connectivity index (χ1v) is 11.7. The molecule has 0 atom stereocenters. The zero-order valence-corrected chi connectivity index (χ0v) is 19.0. The van der Waals surface area contributed by atoms with E-state index in [4.69, 9.17) is 4.74 Å². The molecule has 1 fully saturated rings. The minimum atomic E-state index is -0.216. The minimum absolute atomic E-state index is 0.0806. The van der Waals surface area contributed by atoms with Crippen LogP contribution < -0.4 is 4.74 Å². The van der Waals surface area contributed by atoms with Crippen LogP contribution >= 0.6 is 11.3 Å². The SMILES string of the molecule is C/C=C/c1ccccc1OCc1csc(C(=O)N2CCN(Cc3ccc(F)cc3)CC2)c1. The highest BCUT2D eigenvalue weighted by atomic mass is 32.1. The van der Waals surface area contributed by atoms with E-state index in [1.807, 2.05) is 71.8 Å². The summed E-state index contributed by atoms with van der Waals surface area (Å²) >= 11 is 1.47. The van der Waals surface area contributed by atoms with E-state index in [0.717, 1.165) is 47.0 Å². The molecule has 4 nitrogen and oxygen atoms in total. The van der Waals surface area contributed by atoms with Crippen LogP contribution in [0.15, 0.2) is 66.1 Å². The van der Waals surface area contributed by atoms with Crippen LogP contribution in [-0.4, -0.2) is 41.9 Å². The predicted octanol–water partition coefficient (Wildman–Crippen LogP) is 5.46. The van der Waals surface area contributed by atoms with E-state index in [1.165, 1.54) is 23.5 Å². The molecule has 1 saturated heterocycles. The first kappa shape index (κ1) is 22.2. The Labute approximate surface area is 192 Å². The lowest BCUT2D eigenvalue weighted by molar-refractivity contribution is 0.0633. The predicted molar refractivity (Wildman–Crippen MR) is 127 cm³/mol. The molecule has 0 spiro atoms. The van der Waals surface area contributed by atoms with Crippen molar-refractivity contribution in [3.8, 4) is 5.75 Å². The number of thiophene rings is 1. The second kappa shape index (κ2) is 10.6. The summed E-state index contributed by atoms with van der Waals surface area (Å²) in [6.45, 7) is 6.21. The Balaban J connectivity index is 1.29. The fraction of sp³-hybridized carbons (Fsp3) is 0.269. The van der Waals surface area contributed by atoms with Gasteiger partial charge in [0, 0.05) is 43.9 Å². The van der Waals surface area contributed by atoms with E-state index in [2.05, 4.69) is 4.90 Å². The summed E-state index contributed by atoms with van der Waals surface area (Å²) in [7, 11) is 0. The highest BCUT2D eigenvalue weighted by Gasteiger charge is 2.23. The van der Waals surface area contributed by atoms with Gasteiger partial charge in [-0.2, -0.15) is 0 Å². The zero-order valence-electron chi connectivity index (χ0n) is 18.2. The highest BCUT2D eigenvalue weighted by molar-refractivity contribution is 7.12. The van der Waals surface area contributed by atoms with Crippen LogP contribution in [0.25, 0.3) is 6.08 Å². The Bertz CT molecular complexity index is 1070. The molecule has 3 aromatic rings. The van der Waals surface area contributed by atoms with Crippen LogP contribution in [0.2, 0.25) is 0 Å². The molecule has 32 heavy (non-hydrogen) atoms. The number of hydrogen-bond acceptors (Lipinski definition) is 4. The minimum Gasteiger partial charge on any atom is -0.488 e. The molecule has 1 aliphatic heterocycles. The Morgan fingerprint density at radius 2 is 1.81 bits per heavy atom. The van der Waals surface area contributed by atoms with Gasteiger partial charge in [-0.3, -0.25) is 9.69 Å². The van der Waals surface area contributed by atoms with Crippen LogP contribution in [0.3, 0.4) is 0 Å². The van der Waals surface area contributed by atoms with Gasteiger partial charge in [0.05, 0.1) is 4.88 Å². The van der Waals surface area contributed by atoms with Gasteiger partial charge in [-0.15, -0.1) is 11.3 Å². The molecule has 4 rings (SSSR count). The lowest BCUT2D eigenvalue weighted by Crippen LogP contribution is -2.48. The van der Waals surface area contributed by atoms with Crippen molar-refractivity contribution in [3.63, 3.8) is 0 Å². The summed E-state index contributed by atoms with van der Waals surface area (Å²) < 4.78 is 19.1. The number of carbonyl (C=O) groups is 1. The Morgan fingerprint density at radius 3 is 2.56 bits per heavy atom. The van der Waals surface area contributed by atoms with Crippen molar-refractivity contribution in [2.24, 2.45) is 0 Å². The van der Waals surface area contributed by atoms with Crippen LogP contribution in [0.5, 0.6) is 5.75 Å². The number of ether oxygens (including phenoxy) is 1. The van der Waals surface area contributed by atoms with Gasteiger partial charge >= 0.3 is 0 Å². The second-order valence-corrected chi connectivity index (χ2v) is 8.75. The topological polar surface area (TPSA) is 32.8 Å². The standard InChI is InChI=1S/C26H27FN2O2S/c1-2-5-22-6-3-4-7-24(22)31-18-21-16-25(32-19-21)26(30)29-14-12-28(13-15-29)17-20-8-10-23(27)11-9-20/h2-11,16,19H,12-15,17-18H2,1H3/b5-2+. The van der Waals surface area contributed by atoms with Crippen molar-refractivity contribution in [1.82, 2.24) is 9.80 Å². The van der Waals surface area contributed by atoms with E-state index >= 15 is 0 Å². The average Bonchev–Trinajstić information content (AvgIpc) is 3.29. The summed E-state index contributed by atoms with van der Waals surface area (Å²) in [5.41, 5.74) is 3.13. The number of rotatable bonds is 7. The van der Waals surface area contributed by atoms with Crippen LogP contribution in [0, 0.1) is 5.82 Å². The fourth-order valence-electron chi connectivity index (χ4n) is 3.77. The largest absolute Gasteiger partial charge is 0.488 e. The van der Waals surface area contributed by atoms with E-state index in [-0.39, 0.29) is 11.7 Å². The number of carbonyl (C=O) groups excluding carboxylic acids is 1. The molecule has 0 bridgehead atoms. The number of allylic oxidation sites excluding steroid dienone is 1. The zero-order chi connectivity index (χ0) is 22.3. The lowest BCUT2D eigenvalue weighted by Gasteiger charge is -2.34. The number of amides is 1. The summed E-state index contributed by atoms with van der Waals surface area (Å²) in [6, 6.07) is 16.5. The molecule has 166 valence electrons. The van der Waals surface area contributed by atoms with Crippen molar-refractivity contribution >= 4 is 23.3 Å². The van der Waals surface area contributed by atoms with Gasteiger partial charge in [0.15, 0.2) is 0 Å². The number of benzene rings is 2. The summed E-state index contributed by atoms with van der Waals surface area (Å²) in [6.07, 6.45) is 4.01. The van der Waals surface area contributed by atoms with Crippen molar-refractivity contribution in [3.05, 3.63) is 93.4 Å². The summed E-state index contributed by atoms with van der Waals surface area (Å²) in [5, 5.41) is 2.00. The van der Waals surface area contributed by atoms with Crippen molar-refractivity contribution < 1.29 is 13.9 Å². The molecule has 0 N–H and O–H groups in total. The normalized spacial score (nSPS) is 14.8. The molecule has 0 aliphatic carbocycles. The maximum atomic E-state index is 13.1. The molecular weight excluding hydrogens is 423 g/mol. The average molecular weight is 451 g/mol. The smallest absolute Gasteiger partial charge is 0.264 e. The number of halogens is 1. The van der Waals surface area contributed by atoms with E-state index in [0.29, 0.717) is 19.7 Å². The van der Waals surface area contributed by atoms with E-state index in [1.54, 1.807) is 0 Å². The van der Waals surface area contributed by atoms with Gasteiger partial charge in [-0.05, 0) is 42.1 Å². The van der Waals surface area contributed by atoms with E-state index < -0.39 is 0 Å². The number of hydrogen-bond donors (Lipinski definition) is 0. The quantitative estimate of drug-likeness (QED) is 0.479. The lowest BCUT2D eigenvalue weighted by atomic mass is 10.2. The maximum Gasteiger partial charge on any atom is 0.264 e. The molecule has 1 aliphatic rings. The fourth-order valence-corrected chi connectivity index (χ4v) is 4.63. The van der Waals surface area contributed by atoms with Crippen LogP contribution in [-0.2, 0) is 13.2 Å². The van der Waals surface area contributed by atoms with Crippen molar-refractivity contribution in [2.75, 3.05) is 26.2 Å². The first-order chi connectivity index (χ1) is 15.6. The summed E-state index contributed by atoms with van der Waals surface area (Å²) in [5.74, 6) is 0.700. The van der Waals surface area contributed by atoms with Gasteiger partial charge in [0.25, 0.3) is 5.91 Å². The molecule has 1 amide bonds. The Hall–Kier alpha value is -2.96. The number of piperazine rings is 1. The molecule has 2 heterocycles. The molecule has 0 unspecified atom stereocenters. The molecule has 1 aromatic heterocycles. The third-order valence-electron chi connectivity index (χ3n) is 5.50. The van der Waals surface area contributed by atoms with Gasteiger partial charge in [0.2, 0.25) is 0 Å². The Kier molecular flexibility index (Phi) is 7.35. The third kappa shape index (κ3) is 5.64. The molecular formula is C26H27FN2O2S. The van der Waals surface area contributed by atoms with Gasteiger partial charge < -0.3 is 9.64 Å².